The Labute approximate surface area is 79.5 Å². The van der Waals surface area contributed by atoms with Crippen molar-refractivity contribution in [3.63, 3.8) is 0 Å². The van der Waals surface area contributed by atoms with Gasteiger partial charge in [0.25, 0.3) is 0 Å². The zero-order valence-corrected chi connectivity index (χ0v) is 8.17. The first-order valence-electron chi connectivity index (χ1n) is 4.32. The Morgan fingerprint density at radius 1 is 1.23 bits per heavy atom. The van der Waals surface area contributed by atoms with Crippen LogP contribution in [0.4, 0.5) is 0 Å². The second kappa shape index (κ2) is 4.75. The first-order valence-corrected chi connectivity index (χ1v) is 4.32. The molecule has 0 fully saturated rings. The quantitative estimate of drug-likeness (QED) is 0.707. The summed E-state index contributed by atoms with van der Waals surface area (Å²) in [5.74, 6) is 1.61. The number of benzene rings is 1. The molecule has 0 unspecified atom stereocenters. The maximum Gasteiger partial charge on any atom is 0.163 e. The van der Waals surface area contributed by atoms with Crippen LogP contribution >= 0.6 is 0 Å². The van der Waals surface area contributed by atoms with Crippen LogP contribution in [0.1, 0.15) is 12.0 Å². The van der Waals surface area contributed by atoms with Crippen molar-refractivity contribution in [3.8, 4) is 11.5 Å². The molecule has 0 amide bonds. The predicted molar refractivity (Wildman–Crippen MR) is 53.2 cm³/mol. The second-order valence-corrected chi connectivity index (χ2v) is 2.76. The van der Waals surface area contributed by atoms with Gasteiger partial charge in [-0.05, 0) is 24.5 Å². The molecule has 1 rings (SSSR count). The van der Waals surface area contributed by atoms with E-state index >= 15 is 0 Å². The zero-order valence-electron chi connectivity index (χ0n) is 8.17. The molecule has 0 saturated carbocycles. The fourth-order valence-electron chi connectivity index (χ4n) is 1.34. The average molecular weight is 179 g/mol. The molecule has 13 heavy (non-hydrogen) atoms. The van der Waals surface area contributed by atoms with Crippen LogP contribution in [0, 0.1) is 6.92 Å². The highest BCUT2D eigenvalue weighted by atomic mass is 16.5. The van der Waals surface area contributed by atoms with Gasteiger partial charge in [0.05, 0.1) is 14.2 Å². The van der Waals surface area contributed by atoms with Crippen LogP contribution in [0.25, 0.3) is 0 Å². The van der Waals surface area contributed by atoms with Crippen molar-refractivity contribution in [1.82, 2.24) is 0 Å². The normalized spacial score (nSPS) is 9.77. The molecule has 71 valence electrons. The van der Waals surface area contributed by atoms with Gasteiger partial charge in [-0.3, -0.25) is 0 Å². The number of hydrogen-bond donors (Lipinski definition) is 0. The summed E-state index contributed by atoms with van der Waals surface area (Å²) in [6, 6.07) is 5.89. The summed E-state index contributed by atoms with van der Waals surface area (Å²) in [5, 5.41) is 0. The second-order valence-electron chi connectivity index (χ2n) is 2.76. The fourth-order valence-corrected chi connectivity index (χ4v) is 1.34. The summed E-state index contributed by atoms with van der Waals surface area (Å²) >= 11 is 0. The molecule has 0 N–H and O–H groups in total. The van der Waals surface area contributed by atoms with Crippen molar-refractivity contribution >= 4 is 0 Å². The van der Waals surface area contributed by atoms with Gasteiger partial charge in [-0.1, -0.05) is 19.1 Å². The maximum absolute atomic E-state index is 5.27. The van der Waals surface area contributed by atoms with Gasteiger partial charge in [-0.25, -0.2) is 0 Å². The van der Waals surface area contributed by atoms with Crippen LogP contribution in [0.2, 0.25) is 0 Å². The van der Waals surface area contributed by atoms with Crippen LogP contribution in [0.15, 0.2) is 18.2 Å². The molecule has 0 atom stereocenters. The van der Waals surface area contributed by atoms with E-state index < -0.39 is 0 Å². The third-order valence-corrected chi connectivity index (χ3v) is 1.93. The highest BCUT2D eigenvalue weighted by Crippen LogP contribution is 2.31. The number of methoxy groups -OCH3 is 2. The molecular weight excluding hydrogens is 164 g/mol. The highest BCUT2D eigenvalue weighted by Gasteiger charge is 2.07. The van der Waals surface area contributed by atoms with Crippen molar-refractivity contribution in [2.75, 3.05) is 14.2 Å². The van der Waals surface area contributed by atoms with Gasteiger partial charge in [-0.15, -0.1) is 0 Å². The summed E-state index contributed by atoms with van der Waals surface area (Å²) in [7, 11) is 3.30. The molecule has 0 bridgehead atoms. The number of para-hydroxylation sites is 1. The van der Waals surface area contributed by atoms with Gasteiger partial charge in [0.1, 0.15) is 0 Å². The van der Waals surface area contributed by atoms with Gasteiger partial charge in [0.2, 0.25) is 0 Å². The predicted octanol–water partition coefficient (Wildman–Crippen LogP) is 2.47. The maximum atomic E-state index is 5.27. The van der Waals surface area contributed by atoms with Gasteiger partial charge in [0.15, 0.2) is 11.5 Å². The van der Waals surface area contributed by atoms with Crippen LogP contribution < -0.4 is 9.47 Å². The summed E-state index contributed by atoms with van der Waals surface area (Å²) in [4.78, 5) is 0. The molecule has 0 heterocycles. The first-order chi connectivity index (χ1) is 6.33. The topological polar surface area (TPSA) is 18.5 Å². The van der Waals surface area contributed by atoms with Gasteiger partial charge in [-0.2, -0.15) is 0 Å². The minimum absolute atomic E-state index is 0.786. The molecule has 1 aromatic rings. The monoisotopic (exact) mass is 179 g/mol. The molecule has 1 aromatic carbocycles. The number of hydrogen-bond acceptors (Lipinski definition) is 2. The van der Waals surface area contributed by atoms with Gasteiger partial charge in [0, 0.05) is 0 Å². The smallest absolute Gasteiger partial charge is 0.163 e. The van der Waals surface area contributed by atoms with Crippen molar-refractivity contribution in [2.45, 2.75) is 12.8 Å². The Balaban J connectivity index is 3.03. The Bertz CT molecular complexity index is 269. The van der Waals surface area contributed by atoms with E-state index in [1.54, 1.807) is 14.2 Å². The third kappa shape index (κ3) is 2.14. The molecule has 0 aliphatic carbocycles. The van der Waals surface area contributed by atoms with E-state index in [0.717, 1.165) is 29.9 Å². The standard InChI is InChI=1S/C11H15O2/c1-4-6-9-7-5-8-10(12-2)11(9)13-3/h5,7-8H,1,4,6H2,2-3H3. The number of ether oxygens (including phenoxy) is 2. The van der Waals surface area contributed by atoms with E-state index in [9.17, 15) is 0 Å². The molecule has 0 aromatic heterocycles. The van der Waals surface area contributed by atoms with Crippen LogP contribution in [0.3, 0.4) is 0 Å². The largest absolute Gasteiger partial charge is 0.493 e. The van der Waals surface area contributed by atoms with E-state index in [1.807, 2.05) is 18.2 Å². The molecule has 1 radical (unpaired) electrons. The Morgan fingerprint density at radius 3 is 2.54 bits per heavy atom. The molecule has 0 aliphatic heterocycles. The van der Waals surface area contributed by atoms with E-state index in [0.29, 0.717) is 0 Å². The average Bonchev–Trinajstić information content (AvgIpc) is 2.18. The lowest BCUT2D eigenvalue weighted by Gasteiger charge is -2.11. The Hall–Kier alpha value is -1.18. The van der Waals surface area contributed by atoms with E-state index in [1.165, 1.54) is 0 Å². The summed E-state index contributed by atoms with van der Waals surface area (Å²) in [6.45, 7) is 3.82. The van der Waals surface area contributed by atoms with Crippen molar-refractivity contribution in [2.24, 2.45) is 0 Å². The zero-order chi connectivity index (χ0) is 9.68. The van der Waals surface area contributed by atoms with E-state index in [4.69, 9.17) is 9.47 Å². The Kier molecular flexibility index (Phi) is 3.62. The van der Waals surface area contributed by atoms with Gasteiger partial charge < -0.3 is 9.47 Å². The lowest BCUT2D eigenvalue weighted by molar-refractivity contribution is 0.351. The SMILES string of the molecule is [CH2]CCc1cccc(OC)c1OC. The highest BCUT2D eigenvalue weighted by molar-refractivity contribution is 5.46. The minimum Gasteiger partial charge on any atom is -0.493 e. The van der Waals surface area contributed by atoms with Crippen LogP contribution in [-0.4, -0.2) is 14.2 Å². The molecule has 0 spiro atoms. The molecule has 2 nitrogen and oxygen atoms in total. The lowest BCUT2D eigenvalue weighted by Crippen LogP contribution is -1.95. The molecule has 2 heteroatoms. The van der Waals surface area contributed by atoms with Crippen molar-refractivity contribution in [3.05, 3.63) is 30.7 Å². The first kappa shape index (κ1) is 9.90. The van der Waals surface area contributed by atoms with Crippen molar-refractivity contribution in [1.29, 1.82) is 0 Å². The van der Waals surface area contributed by atoms with Crippen molar-refractivity contribution < 1.29 is 9.47 Å². The number of rotatable bonds is 4. The van der Waals surface area contributed by atoms with Crippen LogP contribution in [0.5, 0.6) is 11.5 Å². The molecule has 0 saturated heterocycles. The van der Waals surface area contributed by atoms with E-state index in [2.05, 4.69) is 6.92 Å². The Morgan fingerprint density at radius 2 is 2.00 bits per heavy atom. The summed E-state index contributed by atoms with van der Waals surface area (Å²) < 4.78 is 10.4. The third-order valence-electron chi connectivity index (χ3n) is 1.93. The minimum atomic E-state index is 0.786. The van der Waals surface area contributed by atoms with E-state index in [-0.39, 0.29) is 0 Å². The summed E-state index contributed by atoms with van der Waals surface area (Å²) in [5.41, 5.74) is 1.15. The fraction of sp³-hybridized carbons (Fsp3) is 0.364. The van der Waals surface area contributed by atoms with Gasteiger partial charge >= 0.3 is 0 Å². The molecule has 0 aliphatic rings. The number of aryl methyl sites for hydroxylation is 1. The van der Waals surface area contributed by atoms with Crippen LogP contribution in [-0.2, 0) is 6.42 Å². The summed E-state index contributed by atoms with van der Waals surface area (Å²) in [6.07, 6.45) is 1.78. The lowest BCUT2D eigenvalue weighted by atomic mass is 10.1. The molecular formula is C11H15O2.